The maximum atomic E-state index is 12.6. The maximum Gasteiger partial charge on any atom is 0.416 e. The summed E-state index contributed by atoms with van der Waals surface area (Å²) in [5, 5.41) is 11.6. The van der Waals surface area contributed by atoms with Gasteiger partial charge in [0.25, 0.3) is 5.91 Å². The van der Waals surface area contributed by atoms with Crippen LogP contribution in [0, 0.1) is 5.92 Å². The highest BCUT2D eigenvalue weighted by molar-refractivity contribution is 5.94. The van der Waals surface area contributed by atoms with Gasteiger partial charge in [0.2, 0.25) is 0 Å². The quantitative estimate of drug-likeness (QED) is 0.812. The van der Waals surface area contributed by atoms with Crippen molar-refractivity contribution in [3.8, 4) is 0 Å². The number of carbonyl (C=O) groups excluding carboxylic acids is 1. The van der Waals surface area contributed by atoms with E-state index in [4.69, 9.17) is 5.11 Å². The number of nitrogens with one attached hydrogen (secondary N) is 1. The summed E-state index contributed by atoms with van der Waals surface area (Å²) in [6.07, 6.45) is -2.12. The predicted molar refractivity (Wildman–Crippen MR) is 73.9 cm³/mol. The van der Waals surface area contributed by atoms with Crippen LogP contribution < -0.4 is 5.32 Å². The summed E-state index contributed by atoms with van der Waals surface area (Å²) in [5.41, 5.74) is -0.848. The van der Waals surface area contributed by atoms with Gasteiger partial charge in [0.1, 0.15) is 0 Å². The Hall–Kier alpha value is -1.56. The largest absolute Gasteiger partial charge is 0.416 e. The molecule has 1 aromatic carbocycles. The number of amides is 1. The summed E-state index contributed by atoms with van der Waals surface area (Å²) < 4.78 is 37.8. The van der Waals surface area contributed by atoms with Crippen LogP contribution in [0.1, 0.15) is 42.1 Å². The molecule has 0 aliphatic heterocycles. The molecule has 2 N–H and O–H groups in total. The summed E-state index contributed by atoms with van der Waals surface area (Å²) >= 11 is 0. The van der Waals surface area contributed by atoms with Gasteiger partial charge < -0.3 is 10.4 Å². The molecule has 0 radical (unpaired) electrons. The van der Waals surface area contributed by atoms with Crippen LogP contribution in [0.3, 0.4) is 0 Å². The highest BCUT2D eigenvalue weighted by Crippen LogP contribution is 2.29. The van der Waals surface area contributed by atoms with Crippen molar-refractivity contribution in [2.45, 2.75) is 32.4 Å². The average Bonchev–Trinajstić information content (AvgIpc) is 2.44. The first-order valence-corrected chi connectivity index (χ1v) is 6.94. The van der Waals surface area contributed by atoms with Crippen LogP contribution in [-0.2, 0) is 6.18 Å². The van der Waals surface area contributed by atoms with Crippen molar-refractivity contribution in [3.05, 3.63) is 35.4 Å². The van der Waals surface area contributed by atoms with Gasteiger partial charge in [-0.3, -0.25) is 4.79 Å². The second-order valence-corrected chi connectivity index (χ2v) is 4.96. The van der Waals surface area contributed by atoms with E-state index in [0.29, 0.717) is 13.0 Å². The molecule has 3 nitrogen and oxygen atoms in total. The molecule has 1 amide bonds. The maximum absolute atomic E-state index is 12.6. The van der Waals surface area contributed by atoms with Gasteiger partial charge in [-0.25, -0.2) is 0 Å². The zero-order valence-electron chi connectivity index (χ0n) is 11.9. The van der Waals surface area contributed by atoms with Crippen molar-refractivity contribution in [1.29, 1.82) is 0 Å². The van der Waals surface area contributed by atoms with Gasteiger partial charge in [0.15, 0.2) is 0 Å². The number of carbonyl (C=O) groups is 1. The summed E-state index contributed by atoms with van der Waals surface area (Å²) in [5.74, 6) is -0.394. The molecule has 118 valence electrons. The third-order valence-corrected chi connectivity index (χ3v) is 3.24. The van der Waals surface area contributed by atoms with Crippen molar-refractivity contribution >= 4 is 5.91 Å². The van der Waals surface area contributed by atoms with E-state index in [1.54, 1.807) is 0 Å². The highest BCUT2D eigenvalue weighted by Gasteiger charge is 2.30. The van der Waals surface area contributed by atoms with Crippen LogP contribution in [0.25, 0.3) is 0 Å². The van der Waals surface area contributed by atoms with E-state index < -0.39 is 17.6 Å². The molecule has 1 aromatic rings. The highest BCUT2D eigenvalue weighted by atomic mass is 19.4. The standard InChI is InChI=1S/C15H20F3NO2/c1-2-4-11(7-8-20)10-19-14(21)12-5-3-6-13(9-12)15(16,17)18/h3,5-6,9,11,20H,2,4,7-8,10H2,1H3,(H,19,21). The predicted octanol–water partition coefficient (Wildman–Crippen LogP) is 3.23. The first-order chi connectivity index (χ1) is 9.88. The molecule has 0 spiro atoms. The molecule has 0 fully saturated rings. The van der Waals surface area contributed by atoms with Crippen LogP contribution in [-0.4, -0.2) is 24.2 Å². The van der Waals surface area contributed by atoms with Gasteiger partial charge in [-0.05, 0) is 37.0 Å². The molecule has 0 aliphatic carbocycles. The van der Waals surface area contributed by atoms with E-state index in [0.717, 1.165) is 25.0 Å². The van der Waals surface area contributed by atoms with Crippen LogP contribution in [0.15, 0.2) is 24.3 Å². The number of aliphatic hydroxyl groups is 1. The number of hydrogen-bond donors (Lipinski definition) is 2. The first-order valence-electron chi connectivity index (χ1n) is 6.94. The Kier molecular flexibility index (Phi) is 6.68. The van der Waals surface area contributed by atoms with Crippen molar-refractivity contribution in [3.63, 3.8) is 0 Å². The molecular weight excluding hydrogens is 283 g/mol. The Morgan fingerprint density at radius 1 is 1.33 bits per heavy atom. The minimum Gasteiger partial charge on any atom is -0.396 e. The zero-order valence-corrected chi connectivity index (χ0v) is 11.9. The van der Waals surface area contributed by atoms with Crippen LogP contribution in [0.5, 0.6) is 0 Å². The molecule has 0 heterocycles. The van der Waals surface area contributed by atoms with E-state index in [-0.39, 0.29) is 18.1 Å². The Labute approximate surface area is 122 Å². The van der Waals surface area contributed by atoms with E-state index in [1.165, 1.54) is 12.1 Å². The summed E-state index contributed by atoms with van der Waals surface area (Å²) in [7, 11) is 0. The second kappa shape index (κ2) is 8.02. The van der Waals surface area contributed by atoms with Crippen LogP contribution in [0.2, 0.25) is 0 Å². The Morgan fingerprint density at radius 3 is 2.62 bits per heavy atom. The van der Waals surface area contributed by atoms with Crippen LogP contribution in [0.4, 0.5) is 13.2 Å². The molecule has 0 aliphatic rings. The number of halogens is 3. The fourth-order valence-corrected chi connectivity index (χ4v) is 2.12. The molecule has 1 atom stereocenters. The topological polar surface area (TPSA) is 49.3 Å². The number of benzene rings is 1. The fraction of sp³-hybridized carbons (Fsp3) is 0.533. The lowest BCUT2D eigenvalue weighted by molar-refractivity contribution is -0.137. The number of alkyl halides is 3. The Bertz CT molecular complexity index is 454. The van der Waals surface area contributed by atoms with Gasteiger partial charge in [-0.15, -0.1) is 0 Å². The number of rotatable bonds is 7. The minimum atomic E-state index is -4.46. The van der Waals surface area contributed by atoms with Gasteiger partial charge in [-0.1, -0.05) is 19.4 Å². The third-order valence-electron chi connectivity index (χ3n) is 3.24. The van der Waals surface area contributed by atoms with Crippen molar-refractivity contribution in [2.24, 2.45) is 5.92 Å². The van der Waals surface area contributed by atoms with E-state index in [9.17, 15) is 18.0 Å². The third kappa shape index (κ3) is 5.75. The lowest BCUT2D eigenvalue weighted by Crippen LogP contribution is -2.30. The molecule has 1 rings (SSSR count). The van der Waals surface area contributed by atoms with Crippen molar-refractivity contribution < 1.29 is 23.1 Å². The van der Waals surface area contributed by atoms with E-state index >= 15 is 0 Å². The Morgan fingerprint density at radius 2 is 2.05 bits per heavy atom. The smallest absolute Gasteiger partial charge is 0.396 e. The number of hydrogen-bond acceptors (Lipinski definition) is 2. The van der Waals surface area contributed by atoms with E-state index in [1.807, 2.05) is 6.92 Å². The van der Waals surface area contributed by atoms with Crippen LogP contribution >= 0.6 is 0 Å². The molecular formula is C15H20F3NO2. The zero-order chi connectivity index (χ0) is 15.9. The van der Waals surface area contributed by atoms with E-state index in [2.05, 4.69) is 5.32 Å². The molecule has 0 bridgehead atoms. The lowest BCUT2D eigenvalue weighted by Gasteiger charge is -2.16. The minimum absolute atomic E-state index is 0.0101. The normalized spacial score (nSPS) is 13.0. The van der Waals surface area contributed by atoms with Gasteiger partial charge >= 0.3 is 6.18 Å². The molecule has 0 saturated heterocycles. The first kappa shape index (κ1) is 17.5. The Balaban J connectivity index is 2.67. The van der Waals surface area contributed by atoms with Gasteiger partial charge in [0, 0.05) is 18.7 Å². The summed E-state index contributed by atoms with van der Waals surface area (Å²) in [6, 6.07) is 4.35. The monoisotopic (exact) mass is 303 g/mol. The van der Waals surface area contributed by atoms with Crippen molar-refractivity contribution in [1.82, 2.24) is 5.32 Å². The molecule has 0 aromatic heterocycles. The summed E-state index contributed by atoms with van der Waals surface area (Å²) in [4.78, 5) is 11.9. The second-order valence-electron chi connectivity index (χ2n) is 4.96. The van der Waals surface area contributed by atoms with Gasteiger partial charge in [-0.2, -0.15) is 13.2 Å². The molecule has 21 heavy (non-hydrogen) atoms. The lowest BCUT2D eigenvalue weighted by atomic mass is 10.00. The number of aliphatic hydroxyl groups excluding tert-OH is 1. The average molecular weight is 303 g/mol. The molecule has 0 saturated carbocycles. The fourth-order valence-electron chi connectivity index (χ4n) is 2.12. The summed E-state index contributed by atoms with van der Waals surface area (Å²) in [6.45, 7) is 2.38. The molecule has 1 unspecified atom stereocenters. The SMILES string of the molecule is CCCC(CCO)CNC(=O)c1cccc(C(F)(F)F)c1. The van der Waals surface area contributed by atoms with Gasteiger partial charge in [0.05, 0.1) is 5.56 Å². The molecule has 6 heteroatoms. The van der Waals surface area contributed by atoms with Crippen molar-refractivity contribution in [2.75, 3.05) is 13.2 Å².